The Morgan fingerprint density at radius 1 is 0.586 bits per heavy atom. The van der Waals surface area contributed by atoms with Gasteiger partial charge in [0.2, 0.25) is 0 Å². The third-order valence-corrected chi connectivity index (χ3v) is 5.25. The Hall–Kier alpha value is -3.78. The molecule has 5 aromatic rings. The number of hydrogen-bond acceptors (Lipinski definition) is 2. The molecule has 2 heteroatoms. The van der Waals surface area contributed by atoms with Crippen molar-refractivity contribution in [1.82, 2.24) is 0 Å². The number of phenols is 1. The first-order valence-electron chi connectivity index (χ1n) is 9.72. The summed E-state index contributed by atoms with van der Waals surface area (Å²) in [6.45, 7) is 0. The Bertz CT molecular complexity index is 1250. The van der Waals surface area contributed by atoms with Crippen LogP contribution in [-0.2, 0) is 6.42 Å². The van der Waals surface area contributed by atoms with Crippen LogP contribution in [-0.4, -0.2) is 5.11 Å². The molecule has 1 aromatic heterocycles. The van der Waals surface area contributed by atoms with Crippen molar-refractivity contribution in [1.29, 1.82) is 0 Å². The normalized spacial score (nSPS) is 11.0. The van der Waals surface area contributed by atoms with Crippen molar-refractivity contribution in [3.8, 4) is 28.0 Å². The zero-order chi connectivity index (χ0) is 19.6. The fourth-order valence-electron chi connectivity index (χ4n) is 3.80. The first kappa shape index (κ1) is 17.3. The van der Waals surface area contributed by atoms with E-state index in [0.29, 0.717) is 0 Å². The zero-order valence-electron chi connectivity index (χ0n) is 15.9. The molecule has 1 N–H and O–H groups in total. The van der Waals surface area contributed by atoms with Crippen molar-refractivity contribution in [3.05, 3.63) is 114 Å². The molecule has 4 aromatic carbocycles. The molecule has 0 saturated carbocycles. The van der Waals surface area contributed by atoms with E-state index in [9.17, 15) is 5.11 Å². The van der Waals surface area contributed by atoms with E-state index in [1.807, 2.05) is 30.3 Å². The second-order valence-electron chi connectivity index (χ2n) is 7.18. The second-order valence-corrected chi connectivity index (χ2v) is 7.18. The van der Waals surface area contributed by atoms with Crippen molar-refractivity contribution in [2.45, 2.75) is 6.42 Å². The van der Waals surface area contributed by atoms with Crippen LogP contribution in [0.5, 0.6) is 5.75 Å². The van der Waals surface area contributed by atoms with Crippen LogP contribution in [0.2, 0.25) is 0 Å². The average Bonchev–Trinajstić information content (AvgIpc) is 3.13. The Kier molecular flexibility index (Phi) is 4.38. The highest BCUT2D eigenvalue weighted by molar-refractivity contribution is 5.96. The van der Waals surface area contributed by atoms with Gasteiger partial charge >= 0.3 is 0 Å². The summed E-state index contributed by atoms with van der Waals surface area (Å²) in [7, 11) is 0. The predicted molar refractivity (Wildman–Crippen MR) is 118 cm³/mol. The van der Waals surface area contributed by atoms with Crippen LogP contribution in [0.3, 0.4) is 0 Å². The molecule has 0 aliphatic heterocycles. The van der Waals surface area contributed by atoms with Gasteiger partial charge in [0.1, 0.15) is 17.1 Å². The largest absolute Gasteiger partial charge is 0.508 e. The standard InChI is InChI=1S/C27H20O2/c28-23-16-14-21(15-17-23)20-10-12-22(13-11-20)27-24-8-4-5-9-25(24)29-26(27)18-19-6-2-1-3-7-19/h1-17,28H,18H2. The zero-order valence-corrected chi connectivity index (χ0v) is 15.9. The highest BCUT2D eigenvalue weighted by Crippen LogP contribution is 2.37. The van der Waals surface area contributed by atoms with Crippen molar-refractivity contribution in [3.63, 3.8) is 0 Å². The molecule has 0 fully saturated rings. The van der Waals surface area contributed by atoms with Gasteiger partial charge in [0.25, 0.3) is 0 Å². The highest BCUT2D eigenvalue weighted by atomic mass is 16.3. The van der Waals surface area contributed by atoms with Gasteiger partial charge in [-0.1, -0.05) is 84.9 Å². The van der Waals surface area contributed by atoms with Crippen molar-refractivity contribution in [2.24, 2.45) is 0 Å². The number of hydrogen-bond donors (Lipinski definition) is 1. The summed E-state index contributed by atoms with van der Waals surface area (Å²) in [6.07, 6.45) is 0.755. The maximum absolute atomic E-state index is 9.51. The highest BCUT2D eigenvalue weighted by Gasteiger charge is 2.16. The van der Waals surface area contributed by atoms with Crippen LogP contribution in [0, 0.1) is 0 Å². The molecule has 0 radical (unpaired) electrons. The first-order chi connectivity index (χ1) is 14.3. The Morgan fingerprint density at radius 3 is 1.90 bits per heavy atom. The quantitative estimate of drug-likeness (QED) is 0.364. The number of phenolic OH excluding ortho intramolecular Hbond substituents is 1. The maximum atomic E-state index is 9.51. The lowest BCUT2D eigenvalue weighted by Crippen LogP contribution is -1.89. The van der Waals surface area contributed by atoms with Crippen LogP contribution in [0.25, 0.3) is 33.2 Å². The molecule has 0 atom stereocenters. The first-order valence-corrected chi connectivity index (χ1v) is 9.72. The number of rotatable bonds is 4. The summed E-state index contributed by atoms with van der Waals surface area (Å²) in [5, 5.41) is 10.6. The molecular weight excluding hydrogens is 356 g/mol. The SMILES string of the molecule is Oc1ccc(-c2ccc(-c3c(Cc4ccccc4)oc4ccccc34)cc2)cc1. The molecule has 2 nitrogen and oxygen atoms in total. The molecule has 0 saturated heterocycles. The summed E-state index contributed by atoms with van der Waals surface area (Å²) < 4.78 is 6.26. The second kappa shape index (κ2) is 7.33. The summed E-state index contributed by atoms with van der Waals surface area (Å²) in [5.41, 5.74) is 6.64. The van der Waals surface area contributed by atoms with Gasteiger partial charge in [0.15, 0.2) is 0 Å². The van der Waals surface area contributed by atoms with E-state index >= 15 is 0 Å². The van der Waals surface area contributed by atoms with E-state index in [4.69, 9.17) is 4.42 Å². The van der Waals surface area contributed by atoms with Crippen LogP contribution >= 0.6 is 0 Å². The van der Waals surface area contributed by atoms with Gasteiger partial charge in [0.05, 0.1) is 0 Å². The predicted octanol–water partition coefficient (Wildman–Crippen LogP) is 7.06. The molecule has 140 valence electrons. The van der Waals surface area contributed by atoms with Crippen LogP contribution in [0.4, 0.5) is 0 Å². The summed E-state index contributed by atoms with van der Waals surface area (Å²) in [4.78, 5) is 0. The minimum Gasteiger partial charge on any atom is -0.508 e. The van der Waals surface area contributed by atoms with E-state index in [1.54, 1.807) is 12.1 Å². The molecule has 1 heterocycles. The molecule has 0 aliphatic rings. The molecule has 29 heavy (non-hydrogen) atoms. The maximum Gasteiger partial charge on any atom is 0.134 e. The monoisotopic (exact) mass is 376 g/mol. The van der Waals surface area contributed by atoms with Gasteiger partial charge in [-0.25, -0.2) is 0 Å². The summed E-state index contributed by atoms with van der Waals surface area (Å²) in [6, 6.07) is 34.4. The van der Waals surface area contributed by atoms with E-state index in [2.05, 4.69) is 60.7 Å². The van der Waals surface area contributed by atoms with E-state index in [0.717, 1.165) is 45.4 Å². The van der Waals surface area contributed by atoms with Gasteiger partial charge < -0.3 is 9.52 Å². The average molecular weight is 376 g/mol. The number of furan rings is 1. The van der Waals surface area contributed by atoms with Gasteiger partial charge in [-0.05, 0) is 40.5 Å². The number of benzene rings is 4. The minimum absolute atomic E-state index is 0.279. The molecule has 0 spiro atoms. The van der Waals surface area contributed by atoms with Crippen LogP contribution < -0.4 is 0 Å². The summed E-state index contributed by atoms with van der Waals surface area (Å²) >= 11 is 0. The molecular formula is C27H20O2. The Labute approximate surface area is 169 Å². The molecule has 0 unspecified atom stereocenters. The number of aromatic hydroxyl groups is 1. The lowest BCUT2D eigenvalue weighted by molar-refractivity contribution is 0.475. The van der Waals surface area contributed by atoms with Crippen LogP contribution in [0.15, 0.2) is 108 Å². The van der Waals surface area contributed by atoms with Gasteiger partial charge in [-0.2, -0.15) is 0 Å². The van der Waals surface area contributed by atoms with Crippen molar-refractivity contribution < 1.29 is 9.52 Å². The molecule has 0 bridgehead atoms. The fraction of sp³-hybridized carbons (Fsp3) is 0.0370. The number of fused-ring (bicyclic) bond motifs is 1. The Morgan fingerprint density at radius 2 is 1.17 bits per heavy atom. The van der Waals surface area contributed by atoms with E-state index < -0.39 is 0 Å². The molecule has 5 rings (SSSR count). The smallest absolute Gasteiger partial charge is 0.134 e. The van der Waals surface area contributed by atoms with E-state index in [1.165, 1.54) is 5.56 Å². The fourth-order valence-corrected chi connectivity index (χ4v) is 3.80. The van der Waals surface area contributed by atoms with Gasteiger partial charge in [-0.3, -0.25) is 0 Å². The lowest BCUT2D eigenvalue weighted by Gasteiger charge is -2.07. The minimum atomic E-state index is 0.279. The third kappa shape index (κ3) is 3.41. The third-order valence-electron chi connectivity index (χ3n) is 5.25. The number of para-hydroxylation sites is 1. The van der Waals surface area contributed by atoms with Crippen molar-refractivity contribution >= 4 is 11.0 Å². The lowest BCUT2D eigenvalue weighted by atomic mass is 9.96. The van der Waals surface area contributed by atoms with Crippen molar-refractivity contribution in [2.75, 3.05) is 0 Å². The topological polar surface area (TPSA) is 33.4 Å². The Balaban J connectivity index is 1.58. The summed E-state index contributed by atoms with van der Waals surface area (Å²) in [5.74, 6) is 1.26. The molecule has 0 aliphatic carbocycles. The van der Waals surface area contributed by atoms with Gasteiger partial charge in [0, 0.05) is 17.4 Å². The molecule has 0 amide bonds. The van der Waals surface area contributed by atoms with Gasteiger partial charge in [-0.15, -0.1) is 0 Å². The van der Waals surface area contributed by atoms with E-state index in [-0.39, 0.29) is 5.75 Å². The van der Waals surface area contributed by atoms with Crippen LogP contribution in [0.1, 0.15) is 11.3 Å².